The fourth-order valence-electron chi connectivity index (χ4n) is 3.04. The molecule has 4 nitrogen and oxygen atoms in total. The molecule has 0 fully saturated rings. The van der Waals surface area contributed by atoms with Gasteiger partial charge in [-0.15, -0.1) is 0 Å². The molecule has 29 heavy (non-hydrogen) atoms. The zero-order chi connectivity index (χ0) is 21.8. The van der Waals surface area contributed by atoms with Crippen LogP contribution >= 0.6 is 0 Å². The number of aromatic nitrogens is 1. The van der Waals surface area contributed by atoms with E-state index in [1.807, 2.05) is 58.0 Å². The quantitative estimate of drug-likeness (QED) is 0.543. The van der Waals surface area contributed by atoms with Crippen LogP contribution in [-0.2, 0) is 5.41 Å². The van der Waals surface area contributed by atoms with E-state index in [0.717, 1.165) is 27.7 Å². The Labute approximate surface area is 174 Å². The molecule has 1 heterocycles. The average molecular weight is 392 g/mol. The normalized spacial score (nSPS) is 12.1. The van der Waals surface area contributed by atoms with E-state index in [1.165, 1.54) is 5.56 Å². The zero-order valence-electron chi connectivity index (χ0n) is 18.6. The van der Waals surface area contributed by atoms with Crippen molar-refractivity contribution in [2.75, 3.05) is 5.73 Å². The number of carbonyl (C=O) groups excluding carboxylic acids is 1. The van der Waals surface area contributed by atoms with Crippen LogP contribution in [0.5, 0.6) is 0 Å². The van der Waals surface area contributed by atoms with Crippen molar-refractivity contribution in [3.05, 3.63) is 70.9 Å². The molecule has 3 N–H and O–H groups in total. The van der Waals surface area contributed by atoms with Crippen LogP contribution in [0.1, 0.15) is 74.6 Å². The van der Waals surface area contributed by atoms with Crippen molar-refractivity contribution in [1.82, 2.24) is 10.3 Å². The summed E-state index contributed by atoms with van der Waals surface area (Å²) in [6.45, 7) is 14.5. The minimum atomic E-state index is -0.133. The fourth-order valence-corrected chi connectivity index (χ4v) is 3.04. The third-order valence-corrected chi connectivity index (χ3v) is 4.95. The molecule has 1 unspecified atom stereocenters. The number of hydrogen-bond acceptors (Lipinski definition) is 3. The van der Waals surface area contributed by atoms with E-state index in [4.69, 9.17) is 5.73 Å². The van der Waals surface area contributed by atoms with Gasteiger partial charge < -0.3 is 11.1 Å². The Morgan fingerprint density at radius 3 is 2.38 bits per heavy atom. The van der Waals surface area contributed by atoms with Crippen LogP contribution in [0.2, 0.25) is 0 Å². The van der Waals surface area contributed by atoms with Crippen LogP contribution in [0.4, 0.5) is 5.69 Å². The number of carbonyl (C=O) groups is 1. The lowest BCUT2D eigenvalue weighted by molar-refractivity contribution is 0.0939. The molecule has 1 atom stereocenters. The number of pyridine rings is 1. The summed E-state index contributed by atoms with van der Waals surface area (Å²) in [6.07, 6.45) is 1.64. The highest BCUT2D eigenvalue weighted by molar-refractivity contribution is 5.97. The van der Waals surface area contributed by atoms with Crippen LogP contribution in [0.15, 0.2) is 48.7 Å². The summed E-state index contributed by atoms with van der Waals surface area (Å²) in [5.74, 6) is -0.133. The van der Waals surface area contributed by atoms with E-state index in [-0.39, 0.29) is 17.4 Å². The lowest BCUT2D eigenvalue weighted by atomic mass is 9.86. The van der Waals surface area contributed by atoms with Crippen molar-refractivity contribution >= 4 is 22.5 Å². The zero-order valence-corrected chi connectivity index (χ0v) is 18.6. The van der Waals surface area contributed by atoms with Gasteiger partial charge in [-0.1, -0.05) is 58.9 Å². The smallest absolute Gasteiger partial charge is 0.253 e. The van der Waals surface area contributed by atoms with Gasteiger partial charge in [-0.2, -0.15) is 0 Å². The van der Waals surface area contributed by atoms with Gasteiger partial charge in [0.25, 0.3) is 5.91 Å². The first kappa shape index (κ1) is 22.4. The molecule has 3 rings (SSSR count). The maximum Gasteiger partial charge on any atom is 0.253 e. The fraction of sp³-hybridized carbons (Fsp3) is 0.360. The van der Waals surface area contributed by atoms with Gasteiger partial charge in [-0.3, -0.25) is 9.78 Å². The van der Waals surface area contributed by atoms with E-state index >= 15 is 0 Å². The summed E-state index contributed by atoms with van der Waals surface area (Å²) in [7, 11) is 0. The molecular weight excluding hydrogens is 358 g/mol. The molecule has 0 aliphatic heterocycles. The summed E-state index contributed by atoms with van der Waals surface area (Å²) in [5, 5.41) is 4.00. The van der Waals surface area contributed by atoms with Crippen molar-refractivity contribution in [3.63, 3.8) is 0 Å². The molecule has 3 aromatic rings. The number of benzene rings is 2. The predicted molar refractivity (Wildman–Crippen MR) is 123 cm³/mol. The molecular formula is C25H33N3O. The van der Waals surface area contributed by atoms with Gasteiger partial charge in [-0.05, 0) is 54.2 Å². The third-order valence-electron chi connectivity index (χ3n) is 4.95. The molecule has 0 bridgehead atoms. The van der Waals surface area contributed by atoms with E-state index < -0.39 is 0 Å². The minimum Gasteiger partial charge on any atom is -0.399 e. The van der Waals surface area contributed by atoms with Crippen molar-refractivity contribution in [2.24, 2.45) is 0 Å². The molecule has 0 radical (unpaired) electrons. The number of hydrogen-bond donors (Lipinski definition) is 2. The van der Waals surface area contributed by atoms with Crippen LogP contribution in [0.3, 0.4) is 0 Å². The van der Waals surface area contributed by atoms with Crippen LogP contribution < -0.4 is 11.1 Å². The number of rotatable bonds is 3. The number of nitrogens with zero attached hydrogens (tertiary/aromatic N) is 1. The van der Waals surface area contributed by atoms with Crippen molar-refractivity contribution in [3.8, 4) is 0 Å². The summed E-state index contributed by atoms with van der Waals surface area (Å²) in [5.41, 5.74) is 11.4. The first-order chi connectivity index (χ1) is 13.6. The molecule has 0 aliphatic rings. The van der Waals surface area contributed by atoms with E-state index in [1.54, 1.807) is 6.20 Å². The maximum atomic E-state index is 12.7. The summed E-state index contributed by atoms with van der Waals surface area (Å²) in [4.78, 5) is 17.2. The van der Waals surface area contributed by atoms with Crippen LogP contribution in [0, 0.1) is 6.92 Å². The second-order valence-electron chi connectivity index (χ2n) is 8.19. The van der Waals surface area contributed by atoms with E-state index in [9.17, 15) is 4.79 Å². The topological polar surface area (TPSA) is 68.0 Å². The maximum absolute atomic E-state index is 12.7. The molecule has 1 aromatic heterocycles. The Hall–Kier alpha value is -2.88. The highest BCUT2D eigenvalue weighted by Crippen LogP contribution is 2.26. The molecule has 0 saturated heterocycles. The summed E-state index contributed by atoms with van der Waals surface area (Å²) >= 11 is 0. The van der Waals surface area contributed by atoms with Gasteiger partial charge in [0, 0.05) is 17.3 Å². The van der Waals surface area contributed by atoms with Crippen LogP contribution in [-0.4, -0.2) is 10.9 Å². The number of nitrogen functional groups attached to an aromatic ring is 1. The first-order valence-corrected chi connectivity index (χ1v) is 10.2. The van der Waals surface area contributed by atoms with Gasteiger partial charge in [0.15, 0.2) is 0 Å². The average Bonchev–Trinajstić information content (AvgIpc) is 2.70. The lowest BCUT2D eigenvalue weighted by Gasteiger charge is -2.19. The minimum absolute atomic E-state index is 0.0680. The van der Waals surface area contributed by atoms with Gasteiger partial charge in [0.2, 0.25) is 0 Å². The molecule has 154 valence electrons. The highest BCUT2D eigenvalue weighted by atomic mass is 16.1. The van der Waals surface area contributed by atoms with Gasteiger partial charge in [0.1, 0.15) is 0 Å². The van der Waals surface area contributed by atoms with Crippen LogP contribution in [0.25, 0.3) is 10.9 Å². The second-order valence-corrected chi connectivity index (χ2v) is 8.19. The Bertz CT molecular complexity index is 1000. The summed E-state index contributed by atoms with van der Waals surface area (Å²) < 4.78 is 0. The Kier molecular flexibility index (Phi) is 7.02. The Morgan fingerprint density at radius 1 is 1.07 bits per heavy atom. The lowest BCUT2D eigenvalue weighted by Crippen LogP contribution is -2.26. The molecule has 1 amide bonds. The molecule has 0 saturated carbocycles. The van der Waals surface area contributed by atoms with E-state index in [2.05, 4.69) is 43.2 Å². The van der Waals surface area contributed by atoms with Gasteiger partial charge >= 0.3 is 0 Å². The number of amides is 1. The highest BCUT2D eigenvalue weighted by Gasteiger charge is 2.16. The van der Waals surface area contributed by atoms with Gasteiger partial charge in [-0.25, -0.2) is 0 Å². The standard InChI is InChI=1S/C23H27N3O.C2H6/c1-14-10-16(7-9-20(14)24)15(2)26-22(27)18-11-17-6-8-19(23(3,4)5)12-21(17)25-13-18;1-2/h6-13,15H,24H2,1-5H3,(H,26,27);1-2H3. The number of nitrogens with two attached hydrogens (primary N) is 1. The number of fused-ring (bicyclic) bond motifs is 1. The van der Waals surface area contributed by atoms with Crippen molar-refractivity contribution < 1.29 is 4.79 Å². The Balaban J connectivity index is 0.00000145. The monoisotopic (exact) mass is 391 g/mol. The van der Waals surface area contributed by atoms with Crippen molar-refractivity contribution in [2.45, 2.75) is 59.9 Å². The number of nitrogens with one attached hydrogen (secondary N) is 1. The predicted octanol–water partition coefficient (Wildman–Crippen LogP) is 5.94. The summed E-state index contributed by atoms with van der Waals surface area (Å²) in [6, 6.07) is 13.8. The number of aryl methyl sites for hydroxylation is 1. The van der Waals surface area contributed by atoms with Gasteiger partial charge in [0.05, 0.1) is 17.1 Å². The Morgan fingerprint density at radius 2 is 1.76 bits per heavy atom. The molecule has 0 spiro atoms. The van der Waals surface area contributed by atoms with Crippen molar-refractivity contribution in [1.29, 1.82) is 0 Å². The largest absolute Gasteiger partial charge is 0.399 e. The third kappa shape index (κ3) is 5.35. The molecule has 2 aromatic carbocycles. The first-order valence-electron chi connectivity index (χ1n) is 10.2. The molecule has 0 aliphatic carbocycles. The second kappa shape index (κ2) is 9.08. The number of anilines is 1. The van der Waals surface area contributed by atoms with E-state index in [0.29, 0.717) is 5.56 Å². The molecule has 4 heteroatoms. The SMILES string of the molecule is CC.Cc1cc(C(C)NC(=O)c2cnc3cc(C(C)(C)C)ccc3c2)ccc1N.